The van der Waals surface area contributed by atoms with Crippen LogP contribution in [0.5, 0.6) is 5.75 Å². The zero-order valence-electron chi connectivity index (χ0n) is 15.9. The molecule has 2 aromatic carbocycles. The Balaban J connectivity index is 1.76. The van der Waals surface area contributed by atoms with Crippen LogP contribution in [0.2, 0.25) is 0 Å². The lowest BCUT2D eigenvalue weighted by Gasteiger charge is -2.16. The second kappa shape index (κ2) is 8.29. The number of sulfonamides is 1. The number of carbonyl (C=O) groups excluding carboxylic acids is 1. The molecule has 1 aliphatic rings. The third-order valence-electron chi connectivity index (χ3n) is 4.29. The smallest absolute Gasteiger partial charge is 0.282 e. The number of ketones is 1. The second-order valence-corrected chi connectivity index (χ2v) is 8.95. The standard InChI is InChI=1S/C21H17N3O4S2/c1-2-28-14-7-9-15(10-8-14)30(26,27)24-18-13-19(29-20-11-12-22-23-20)21(25)17-6-4-3-5-16(17)18/h3-13H,2H2,1H3,(H,22,23). The average Bonchev–Trinajstić information content (AvgIpc) is 3.25. The van der Waals surface area contributed by atoms with Gasteiger partial charge in [-0.3, -0.25) is 9.89 Å². The predicted octanol–water partition coefficient (Wildman–Crippen LogP) is 3.86. The van der Waals surface area contributed by atoms with Crippen LogP contribution in [0.1, 0.15) is 22.8 Å². The van der Waals surface area contributed by atoms with E-state index in [0.717, 1.165) is 0 Å². The molecule has 3 aromatic rings. The molecule has 0 radical (unpaired) electrons. The Labute approximate surface area is 177 Å². The Hall–Kier alpha value is -3.17. The molecule has 0 aliphatic heterocycles. The van der Waals surface area contributed by atoms with E-state index in [2.05, 4.69) is 14.6 Å². The van der Waals surface area contributed by atoms with Gasteiger partial charge in [0.15, 0.2) is 0 Å². The Morgan fingerprint density at radius 3 is 2.47 bits per heavy atom. The lowest BCUT2D eigenvalue weighted by atomic mass is 9.94. The van der Waals surface area contributed by atoms with Crippen LogP contribution >= 0.6 is 11.8 Å². The number of ether oxygens (including phenoxy) is 1. The molecule has 152 valence electrons. The van der Waals surface area contributed by atoms with Gasteiger partial charge in [-0.05, 0) is 43.3 Å². The van der Waals surface area contributed by atoms with Crippen LogP contribution in [0, 0.1) is 0 Å². The van der Waals surface area contributed by atoms with Gasteiger partial charge in [-0.2, -0.15) is 17.9 Å². The molecule has 0 amide bonds. The fourth-order valence-electron chi connectivity index (χ4n) is 2.93. The number of aromatic nitrogens is 2. The molecule has 0 spiro atoms. The van der Waals surface area contributed by atoms with E-state index in [1.165, 1.54) is 30.0 Å². The van der Waals surface area contributed by atoms with Gasteiger partial charge >= 0.3 is 0 Å². The summed E-state index contributed by atoms with van der Waals surface area (Å²) in [4.78, 5) is 13.3. The van der Waals surface area contributed by atoms with E-state index in [1.807, 2.05) is 6.92 Å². The van der Waals surface area contributed by atoms with Gasteiger partial charge in [-0.1, -0.05) is 36.0 Å². The first-order valence-corrected chi connectivity index (χ1v) is 11.3. The van der Waals surface area contributed by atoms with E-state index in [0.29, 0.717) is 33.4 Å². The van der Waals surface area contributed by atoms with E-state index >= 15 is 0 Å². The van der Waals surface area contributed by atoms with Crippen LogP contribution in [0.3, 0.4) is 0 Å². The Morgan fingerprint density at radius 1 is 1.07 bits per heavy atom. The van der Waals surface area contributed by atoms with Crippen LogP contribution in [0.25, 0.3) is 0 Å². The summed E-state index contributed by atoms with van der Waals surface area (Å²) >= 11 is 1.18. The minimum atomic E-state index is -3.99. The third kappa shape index (κ3) is 4.07. The van der Waals surface area contributed by atoms with Gasteiger partial charge in [0.2, 0.25) is 5.78 Å². The first-order chi connectivity index (χ1) is 14.5. The number of Topliss-reactive ketones (excluding diaryl/α,β-unsaturated/α-hetero) is 1. The summed E-state index contributed by atoms with van der Waals surface area (Å²) in [5.41, 5.74) is 1.09. The highest BCUT2D eigenvalue weighted by molar-refractivity contribution is 8.04. The molecule has 4 rings (SSSR count). The molecular weight excluding hydrogens is 422 g/mol. The lowest BCUT2D eigenvalue weighted by Crippen LogP contribution is -2.17. The summed E-state index contributed by atoms with van der Waals surface area (Å²) < 4.78 is 35.2. The van der Waals surface area contributed by atoms with Crippen molar-refractivity contribution in [1.82, 2.24) is 10.2 Å². The van der Waals surface area contributed by atoms with Crippen LogP contribution in [-0.2, 0) is 10.0 Å². The average molecular weight is 440 g/mol. The predicted molar refractivity (Wildman–Crippen MR) is 115 cm³/mol. The van der Waals surface area contributed by atoms with Gasteiger partial charge in [-0.25, -0.2) is 0 Å². The van der Waals surface area contributed by atoms with Gasteiger partial charge in [0.05, 0.1) is 27.1 Å². The number of fused-ring (bicyclic) bond motifs is 1. The topological polar surface area (TPSA) is 101 Å². The number of rotatable bonds is 6. The van der Waals surface area contributed by atoms with Crippen molar-refractivity contribution in [2.24, 2.45) is 4.40 Å². The summed E-state index contributed by atoms with van der Waals surface area (Å²) in [6.45, 7) is 2.34. The zero-order valence-corrected chi connectivity index (χ0v) is 17.5. The summed E-state index contributed by atoms with van der Waals surface area (Å²) in [6, 6.07) is 14.6. The molecule has 1 heterocycles. The number of hydrogen-bond acceptors (Lipinski definition) is 6. The molecule has 0 fully saturated rings. The highest BCUT2D eigenvalue weighted by atomic mass is 32.2. The summed E-state index contributed by atoms with van der Waals surface area (Å²) in [7, 11) is -3.99. The van der Waals surface area contributed by atoms with Crippen molar-refractivity contribution < 1.29 is 17.9 Å². The van der Waals surface area contributed by atoms with Crippen molar-refractivity contribution in [3.05, 3.63) is 82.9 Å². The number of nitrogens with zero attached hydrogens (tertiary/aromatic N) is 2. The Morgan fingerprint density at radius 2 is 1.80 bits per heavy atom. The maximum Gasteiger partial charge on any atom is 0.282 e. The minimum Gasteiger partial charge on any atom is -0.494 e. The Kier molecular flexibility index (Phi) is 5.56. The van der Waals surface area contributed by atoms with Gasteiger partial charge in [-0.15, -0.1) is 0 Å². The fourth-order valence-corrected chi connectivity index (χ4v) is 4.76. The number of allylic oxidation sites excluding steroid dienone is 2. The second-order valence-electron chi connectivity index (χ2n) is 6.26. The van der Waals surface area contributed by atoms with Crippen LogP contribution < -0.4 is 4.74 Å². The zero-order chi connectivity index (χ0) is 21.1. The fraction of sp³-hybridized carbons (Fsp3) is 0.0952. The number of carbonyl (C=O) groups is 1. The van der Waals surface area contributed by atoms with Crippen molar-refractivity contribution in [3.8, 4) is 5.75 Å². The van der Waals surface area contributed by atoms with E-state index < -0.39 is 10.0 Å². The maximum absolute atomic E-state index is 12.9. The van der Waals surface area contributed by atoms with Crippen molar-refractivity contribution in [2.45, 2.75) is 16.8 Å². The molecule has 1 aliphatic carbocycles. The largest absolute Gasteiger partial charge is 0.494 e. The highest BCUT2D eigenvalue weighted by Gasteiger charge is 2.27. The molecule has 30 heavy (non-hydrogen) atoms. The first-order valence-electron chi connectivity index (χ1n) is 9.09. The van der Waals surface area contributed by atoms with Crippen molar-refractivity contribution in [3.63, 3.8) is 0 Å². The van der Waals surface area contributed by atoms with Gasteiger partial charge in [0, 0.05) is 17.3 Å². The Bertz CT molecular complexity index is 1250. The molecule has 0 bridgehead atoms. The van der Waals surface area contributed by atoms with Crippen LogP contribution in [-0.4, -0.2) is 36.7 Å². The number of hydrogen-bond donors (Lipinski definition) is 1. The van der Waals surface area contributed by atoms with E-state index in [-0.39, 0.29) is 16.4 Å². The molecule has 0 unspecified atom stereocenters. The van der Waals surface area contributed by atoms with E-state index in [4.69, 9.17) is 4.74 Å². The highest BCUT2D eigenvalue weighted by Crippen LogP contribution is 2.33. The molecular formula is C21H17N3O4S2. The maximum atomic E-state index is 12.9. The van der Waals surface area contributed by atoms with Gasteiger partial charge in [0.25, 0.3) is 10.0 Å². The van der Waals surface area contributed by atoms with Gasteiger partial charge in [0.1, 0.15) is 5.75 Å². The van der Waals surface area contributed by atoms with E-state index in [9.17, 15) is 13.2 Å². The SMILES string of the molecule is CCOc1ccc(S(=O)(=O)N=C2C=C(Sc3ccn[nH]3)C(=O)c3ccccc32)cc1. The van der Waals surface area contributed by atoms with Crippen molar-refractivity contribution >= 4 is 33.3 Å². The monoisotopic (exact) mass is 439 g/mol. The summed E-state index contributed by atoms with van der Waals surface area (Å²) in [6.07, 6.45) is 3.08. The third-order valence-corrected chi connectivity index (χ3v) is 6.56. The number of aromatic amines is 1. The number of H-pyrrole nitrogens is 1. The number of benzene rings is 2. The molecule has 1 N–H and O–H groups in total. The van der Waals surface area contributed by atoms with Gasteiger partial charge < -0.3 is 4.74 Å². The molecule has 0 saturated carbocycles. The first kappa shape index (κ1) is 20.1. The van der Waals surface area contributed by atoms with Crippen LogP contribution in [0.15, 0.2) is 86.1 Å². The van der Waals surface area contributed by atoms with Crippen molar-refractivity contribution in [2.75, 3.05) is 6.61 Å². The van der Waals surface area contributed by atoms with Crippen LogP contribution in [0.4, 0.5) is 0 Å². The molecule has 0 atom stereocenters. The molecule has 0 saturated heterocycles. The van der Waals surface area contributed by atoms with Crippen molar-refractivity contribution in [1.29, 1.82) is 0 Å². The van der Waals surface area contributed by atoms with E-state index in [1.54, 1.807) is 48.7 Å². The number of thioether (sulfide) groups is 1. The quantitative estimate of drug-likeness (QED) is 0.626. The molecule has 1 aromatic heterocycles. The molecule has 9 heteroatoms. The lowest BCUT2D eigenvalue weighted by molar-refractivity contribution is 0.104. The summed E-state index contributed by atoms with van der Waals surface area (Å²) in [5.74, 6) is 0.387. The number of nitrogens with one attached hydrogen (secondary N) is 1. The normalized spacial score (nSPS) is 15.0. The minimum absolute atomic E-state index is 0.0454. The molecule has 7 nitrogen and oxygen atoms in total. The summed E-state index contributed by atoms with van der Waals surface area (Å²) in [5, 5.41) is 7.33.